The van der Waals surface area contributed by atoms with Crippen molar-refractivity contribution < 1.29 is 33.4 Å². The third kappa shape index (κ3) is 11.3. The predicted molar refractivity (Wildman–Crippen MR) is 156 cm³/mol. The minimum absolute atomic E-state index is 0.00693. The van der Waals surface area contributed by atoms with Crippen molar-refractivity contribution in [2.75, 3.05) is 0 Å². The van der Waals surface area contributed by atoms with Gasteiger partial charge >= 0.3 is 12.1 Å². The summed E-state index contributed by atoms with van der Waals surface area (Å²) >= 11 is 0. The Labute approximate surface area is 245 Å². The number of alkyl carbamates (subject to hydrolysis) is 1. The number of nitrogens with two attached hydrogens (primary N) is 1. The molecule has 0 fully saturated rings. The fourth-order valence-corrected chi connectivity index (χ4v) is 3.82. The molecule has 0 aliphatic carbocycles. The molecule has 3 rings (SSSR count). The van der Waals surface area contributed by atoms with E-state index >= 15 is 0 Å². The molecule has 42 heavy (non-hydrogen) atoms. The summed E-state index contributed by atoms with van der Waals surface area (Å²) in [5, 5.41) is 5.03. The van der Waals surface area contributed by atoms with Crippen LogP contribution in [-0.4, -0.2) is 41.6 Å². The number of hydrogen-bond acceptors (Lipinski definition) is 7. The lowest BCUT2D eigenvalue weighted by Gasteiger charge is -2.24. The Morgan fingerprint density at radius 2 is 1.31 bits per heavy atom. The van der Waals surface area contributed by atoms with Crippen LogP contribution in [0.5, 0.6) is 5.75 Å². The Morgan fingerprint density at radius 3 is 1.86 bits per heavy atom. The molecule has 10 nitrogen and oxygen atoms in total. The molecule has 4 N–H and O–H groups in total. The van der Waals surface area contributed by atoms with Gasteiger partial charge in [0, 0.05) is 6.42 Å². The highest BCUT2D eigenvalue weighted by Gasteiger charge is 2.29. The molecule has 2 atom stereocenters. The van der Waals surface area contributed by atoms with E-state index in [9.17, 15) is 19.2 Å². The molecule has 0 radical (unpaired) electrons. The van der Waals surface area contributed by atoms with E-state index in [4.69, 9.17) is 19.9 Å². The zero-order valence-electron chi connectivity index (χ0n) is 24.0. The molecule has 0 aliphatic heterocycles. The Hall–Kier alpha value is -4.86. The molecule has 0 bridgehead atoms. The van der Waals surface area contributed by atoms with Gasteiger partial charge in [-0.15, -0.1) is 0 Å². The SMILES string of the molecule is CC(C)(C)OC(=O)N[C@@H](Cc1ccc(OCc2ccccc2)cc1)C(=O)N[C@H](CC(=O)OCc1ccccc1)C(N)=O. The summed E-state index contributed by atoms with van der Waals surface area (Å²) < 4.78 is 16.4. The Morgan fingerprint density at radius 1 is 0.738 bits per heavy atom. The van der Waals surface area contributed by atoms with Crippen LogP contribution >= 0.6 is 0 Å². The predicted octanol–water partition coefficient (Wildman–Crippen LogP) is 3.81. The molecule has 0 spiro atoms. The number of hydrogen-bond donors (Lipinski definition) is 3. The first-order valence-corrected chi connectivity index (χ1v) is 13.5. The molecule has 0 saturated carbocycles. The van der Waals surface area contributed by atoms with E-state index in [0.717, 1.165) is 11.1 Å². The topological polar surface area (TPSA) is 146 Å². The third-order valence-corrected chi connectivity index (χ3v) is 5.89. The first kappa shape index (κ1) is 31.7. The van der Waals surface area contributed by atoms with E-state index in [1.54, 1.807) is 69.3 Å². The quantitative estimate of drug-likeness (QED) is 0.263. The average Bonchev–Trinajstić information content (AvgIpc) is 2.95. The molecule has 3 aromatic rings. The first-order valence-electron chi connectivity index (χ1n) is 13.5. The lowest BCUT2D eigenvalue weighted by molar-refractivity contribution is -0.147. The fraction of sp³-hybridized carbons (Fsp3) is 0.312. The minimum Gasteiger partial charge on any atom is -0.489 e. The van der Waals surface area contributed by atoms with Gasteiger partial charge in [0.2, 0.25) is 11.8 Å². The van der Waals surface area contributed by atoms with E-state index in [2.05, 4.69) is 10.6 Å². The first-order chi connectivity index (χ1) is 20.0. The summed E-state index contributed by atoms with van der Waals surface area (Å²) in [7, 11) is 0. The summed E-state index contributed by atoms with van der Waals surface area (Å²) in [6.45, 7) is 5.49. The van der Waals surface area contributed by atoms with Crippen molar-refractivity contribution in [3.63, 3.8) is 0 Å². The standard InChI is InChI=1S/C32H37N3O7/c1-32(2,3)42-31(39)35-27(18-22-14-16-25(17-15-22)40-20-23-10-6-4-7-11-23)30(38)34-26(29(33)37)19-28(36)41-21-24-12-8-5-9-13-24/h4-17,26-27H,18-21H2,1-3H3,(H2,33,37)(H,34,38)(H,35,39)/t26-,27+/m1/s1. The highest BCUT2D eigenvalue weighted by molar-refractivity contribution is 5.93. The molecule has 0 unspecified atom stereocenters. The Kier molecular flexibility index (Phi) is 11.5. The molecular formula is C32H37N3O7. The van der Waals surface area contributed by atoms with Crippen LogP contribution in [0.2, 0.25) is 0 Å². The van der Waals surface area contributed by atoms with Crippen molar-refractivity contribution in [2.45, 2.75) is 64.5 Å². The summed E-state index contributed by atoms with van der Waals surface area (Å²) in [6, 6.07) is 23.3. The average molecular weight is 576 g/mol. The van der Waals surface area contributed by atoms with E-state index in [-0.39, 0.29) is 13.0 Å². The minimum atomic E-state index is -1.35. The molecule has 0 heterocycles. The third-order valence-electron chi connectivity index (χ3n) is 5.89. The van der Waals surface area contributed by atoms with Crippen LogP contribution in [0, 0.1) is 0 Å². The van der Waals surface area contributed by atoms with Gasteiger partial charge in [0.15, 0.2) is 0 Å². The molecule has 0 aliphatic rings. The summed E-state index contributed by atoms with van der Waals surface area (Å²) in [6.07, 6.45) is -1.22. The summed E-state index contributed by atoms with van der Waals surface area (Å²) in [5.41, 5.74) is 7.17. The van der Waals surface area contributed by atoms with Crippen molar-refractivity contribution in [3.8, 4) is 5.75 Å². The molecule has 0 saturated heterocycles. The lowest BCUT2D eigenvalue weighted by atomic mass is 10.0. The second-order valence-electron chi connectivity index (χ2n) is 10.6. The molecule has 222 valence electrons. The zero-order valence-corrected chi connectivity index (χ0v) is 24.0. The van der Waals surface area contributed by atoms with Crippen LogP contribution in [0.1, 0.15) is 43.9 Å². The summed E-state index contributed by atoms with van der Waals surface area (Å²) in [5.74, 6) is -1.72. The number of ether oxygens (including phenoxy) is 3. The van der Waals surface area contributed by atoms with Gasteiger partial charge in [0.25, 0.3) is 0 Å². The highest BCUT2D eigenvalue weighted by Crippen LogP contribution is 2.16. The number of rotatable bonds is 13. The number of carbonyl (C=O) groups is 4. The van der Waals surface area contributed by atoms with Crippen LogP contribution in [0.25, 0.3) is 0 Å². The molecule has 10 heteroatoms. The van der Waals surface area contributed by atoms with Gasteiger partial charge in [0.05, 0.1) is 6.42 Å². The van der Waals surface area contributed by atoms with Crippen LogP contribution in [-0.2, 0) is 43.5 Å². The van der Waals surface area contributed by atoms with Gasteiger partial charge in [-0.1, -0.05) is 72.8 Å². The Balaban J connectivity index is 1.65. The summed E-state index contributed by atoms with van der Waals surface area (Å²) in [4.78, 5) is 50.4. The van der Waals surface area contributed by atoms with E-state index in [1.165, 1.54) is 0 Å². The van der Waals surface area contributed by atoms with E-state index in [1.807, 2.05) is 36.4 Å². The van der Waals surface area contributed by atoms with Gasteiger partial charge in [0.1, 0.15) is 36.6 Å². The smallest absolute Gasteiger partial charge is 0.408 e. The van der Waals surface area contributed by atoms with Crippen molar-refractivity contribution in [1.29, 1.82) is 0 Å². The monoisotopic (exact) mass is 575 g/mol. The molecular weight excluding hydrogens is 538 g/mol. The van der Waals surface area contributed by atoms with Crippen LogP contribution in [0.4, 0.5) is 4.79 Å². The number of amides is 3. The van der Waals surface area contributed by atoms with Crippen LogP contribution in [0.15, 0.2) is 84.9 Å². The van der Waals surface area contributed by atoms with Crippen molar-refractivity contribution in [1.82, 2.24) is 10.6 Å². The maximum Gasteiger partial charge on any atom is 0.408 e. The molecule has 3 aromatic carbocycles. The number of benzene rings is 3. The van der Waals surface area contributed by atoms with Crippen molar-refractivity contribution in [2.24, 2.45) is 5.73 Å². The van der Waals surface area contributed by atoms with Gasteiger partial charge in [-0.3, -0.25) is 14.4 Å². The molecule has 3 amide bonds. The zero-order chi connectivity index (χ0) is 30.5. The number of primary amides is 1. The van der Waals surface area contributed by atoms with Crippen molar-refractivity contribution in [3.05, 3.63) is 102 Å². The maximum atomic E-state index is 13.3. The fourth-order valence-electron chi connectivity index (χ4n) is 3.82. The molecule has 0 aromatic heterocycles. The number of nitrogens with one attached hydrogen (secondary N) is 2. The van der Waals surface area contributed by atoms with Gasteiger partial charge < -0.3 is 30.6 Å². The van der Waals surface area contributed by atoms with E-state index in [0.29, 0.717) is 17.9 Å². The highest BCUT2D eigenvalue weighted by atomic mass is 16.6. The second kappa shape index (κ2) is 15.2. The lowest BCUT2D eigenvalue weighted by Crippen LogP contribution is -2.54. The van der Waals surface area contributed by atoms with Crippen molar-refractivity contribution >= 4 is 23.9 Å². The van der Waals surface area contributed by atoms with Gasteiger partial charge in [-0.2, -0.15) is 0 Å². The maximum absolute atomic E-state index is 13.3. The normalized spacial score (nSPS) is 12.4. The largest absolute Gasteiger partial charge is 0.489 e. The van der Waals surface area contributed by atoms with Gasteiger partial charge in [-0.25, -0.2) is 4.79 Å². The Bertz CT molecular complexity index is 1320. The second-order valence-corrected chi connectivity index (χ2v) is 10.6. The van der Waals surface area contributed by atoms with Crippen LogP contribution in [0.3, 0.4) is 0 Å². The number of esters is 1. The number of carbonyl (C=O) groups excluding carboxylic acids is 4. The van der Waals surface area contributed by atoms with Gasteiger partial charge in [-0.05, 0) is 49.6 Å². The van der Waals surface area contributed by atoms with Crippen LogP contribution < -0.4 is 21.1 Å². The van der Waals surface area contributed by atoms with E-state index < -0.39 is 48.0 Å².